The summed E-state index contributed by atoms with van der Waals surface area (Å²) in [5.74, 6) is -0.0249. The minimum Gasteiger partial charge on any atom is -0.456 e. The van der Waals surface area contributed by atoms with E-state index in [0.29, 0.717) is 23.5 Å². The van der Waals surface area contributed by atoms with Crippen molar-refractivity contribution in [1.82, 2.24) is 4.72 Å². The van der Waals surface area contributed by atoms with E-state index in [1.165, 1.54) is 12.1 Å². The first-order valence-corrected chi connectivity index (χ1v) is 10.1. The molecule has 0 saturated heterocycles. The van der Waals surface area contributed by atoms with Gasteiger partial charge in [-0.05, 0) is 49.3 Å². The second-order valence-electron chi connectivity index (χ2n) is 7.37. The number of sulfonamides is 1. The first kappa shape index (κ1) is 15.8. The summed E-state index contributed by atoms with van der Waals surface area (Å²) in [6.45, 7) is 0. The highest BCUT2D eigenvalue weighted by Crippen LogP contribution is 2.56. The van der Waals surface area contributed by atoms with Crippen LogP contribution in [0.15, 0.2) is 51.8 Å². The molecule has 134 valence electrons. The van der Waals surface area contributed by atoms with E-state index in [4.69, 9.17) is 10.2 Å². The summed E-state index contributed by atoms with van der Waals surface area (Å²) in [7, 11) is -4.01. The van der Waals surface area contributed by atoms with Gasteiger partial charge in [0.1, 0.15) is 11.2 Å². The van der Waals surface area contributed by atoms with Crippen molar-refractivity contribution in [3.05, 3.63) is 42.5 Å². The zero-order valence-electron chi connectivity index (χ0n) is 13.9. The molecule has 26 heavy (non-hydrogen) atoms. The van der Waals surface area contributed by atoms with Crippen LogP contribution in [0.4, 0.5) is 0 Å². The standard InChI is InChI=1S/C19H18N2O4S/c20-19(8-7-11-9-15(11)19)18(22)21-26(23,24)12-5-6-14-13-3-1-2-4-16(13)25-17(14)10-12/h1-6,10-11,15H,7-9,20H2,(H,21,22). The predicted molar refractivity (Wildman–Crippen MR) is 96.8 cm³/mol. The topological polar surface area (TPSA) is 102 Å². The Balaban J connectivity index is 1.49. The summed E-state index contributed by atoms with van der Waals surface area (Å²) >= 11 is 0. The lowest BCUT2D eigenvalue weighted by Gasteiger charge is -2.24. The maximum Gasteiger partial charge on any atom is 0.264 e. The zero-order chi connectivity index (χ0) is 18.1. The molecule has 3 unspecified atom stereocenters. The molecule has 1 aromatic heterocycles. The Kier molecular flexibility index (Phi) is 3.10. The molecule has 2 aliphatic carbocycles. The highest BCUT2D eigenvalue weighted by Gasteiger charge is 2.60. The highest BCUT2D eigenvalue weighted by atomic mass is 32.2. The number of nitrogens with two attached hydrogens (primary N) is 1. The van der Waals surface area contributed by atoms with Crippen molar-refractivity contribution in [1.29, 1.82) is 0 Å². The van der Waals surface area contributed by atoms with Gasteiger partial charge in [0.05, 0.1) is 10.4 Å². The van der Waals surface area contributed by atoms with E-state index in [0.717, 1.165) is 23.6 Å². The minimum atomic E-state index is -4.01. The van der Waals surface area contributed by atoms with E-state index in [1.54, 1.807) is 6.07 Å². The third-order valence-corrected chi connectivity index (χ3v) is 7.15. The Hall–Kier alpha value is -2.38. The van der Waals surface area contributed by atoms with Crippen LogP contribution in [0.2, 0.25) is 0 Å². The zero-order valence-corrected chi connectivity index (χ0v) is 14.8. The molecule has 2 fully saturated rings. The number of hydrogen-bond donors (Lipinski definition) is 2. The fourth-order valence-corrected chi connectivity index (χ4v) is 5.30. The van der Waals surface area contributed by atoms with Gasteiger partial charge < -0.3 is 10.2 Å². The van der Waals surface area contributed by atoms with Crippen LogP contribution in [0.5, 0.6) is 0 Å². The molecule has 3 aromatic rings. The van der Waals surface area contributed by atoms with Crippen molar-refractivity contribution in [2.75, 3.05) is 0 Å². The van der Waals surface area contributed by atoms with Crippen LogP contribution in [-0.4, -0.2) is 19.9 Å². The van der Waals surface area contributed by atoms with Gasteiger partial charge in [-0.3, -0.25) is 4.79 Å². The van der Waals surface area contributed by atoms with E-state index in [2.05, 4.69) is 4.72 Å². The molecule has 2 saturated carbocycles. The molecule has 2 aromatic carbocycles. The first-order chi connectivity index (χ1) is 12.4. The van der Waals surface area contributed by atoms with E-state index >= 15 is 0 Å². The highest BCUT2D eigenvalue weighted by molar-refractivity contribution is 7.90. The van der Waals surface area contributed by atoms with E-state index in [9.17, 15) is 13.2 Å². The number of furan rings is 1. The number of rotatable bonds is 3. The van der Waals surface area contributed by atoms with Gasteiger partial charge in [-0.1, -0.05) is 18.2 Å². The van der Waals surface area contributed by atoms with Gasteiger partial charge in [0.25, 0.3) is 15.9 Å². The van der Waals surface area contributed by atoms with E-state index in [-0.39, 0.29) is 10.8 Å². The maximum atomic E-state index is 12.7. The molecule has 0 bridgehead atoms. The molecule has 1 heterocycles. The fraction of sp³-hybridized carbons (Fsp3) is 0.316. The molecule has 1 amide bonds. The van der Waals surface area contributed by atoms with Gasteiger partial charge >= 0.3 is 0 Å². The SMILES string of the molecule is NC1(C(=O)NS(=O)(=O)c2ccc3c(c2)oc2ccccc23)CCC2CC21. The van der Waals surface area contributed by atoms with Crippen LogP contribution >= 0.6 is 0 Å². The summed E-state index contributed by atoms with van der Waals surface area (Å²) in [5.41, 5.74) is 6.30. The van der Waals surface area contributed by atoms with Crippen LogP contribution in [0.25, 0.3) is 21.9 Å². The second kappa shape index (κ2) is 5.08. The number of carbonyl (C=O) groups excluding carboxylic acids is 1. The maximum absolute atomic E-state index is 12.7. The smallest absolute Gasteiger partial charge is 0.264 e. The van der Waals surface area contributed by atoms with Gasteiger partial charge in [-0.15, -0.1) is 0 Å². The van der Waals surface area contributed by atoms with Gasteiger partial charge in [0, 0.05) is 16.8 Å². The lowest BCUT2D eigenvalue weighted by Crippen LogP contribution is -2.55. The number of hydrogen-bond acceptors (Lipinski definition) is 5. The molecule has 6 nitrogen and oxygen atoms in total. The lowest BCUT2D eigenvalue weighted by atomic mass is 9.94. The van der Waals surface area contributed by atoms with Crippen LogP contribution in [0.3, 0.4) is 0 Å². The Morgan fingerprint density at radius 2 is 1.92 bits per heavy atom. The third-order valence-electron chi connectivity index (χ3n) is 5.82. The monoisotopic (exact) mass is 370 g/mol. The molecule has 7 heteroatoms. The van der Waals surface area contributed by atoms with Gasteiger partial charge in [0.2, 0.25) is 0 Å². The number of para-hydroxylation sites is 1. The van der Waals surface area contributed by atoms with Crippen molar-refractivity contribution in [2.24, 2.45) is 17.6 Å². The van der Waals surface area contributed by atoms with Crippen molar-refractivity contribution in [3.63, 3.8) is 0 Å². The number of amides is 1. The number of fused-ring (bicyclic) bond motifs is 4. The second-order valence-corrected chi connectivity index (χ2v) is 9.05. The van der Waals surface area contributed by atoms with Crippen molar-refractivity contribution in [2.45, 2.75) is 29.7 Å². The average molecular weight is 370 g/mol. The van der Waals surface area contributed by atoms with Crippen LogP contribution < -0.4 is 10.5 Å². The van der Waals surface area contributed by atoms with Crippen molar-refractivity contribution < 1.29 is 17.6 Å². The first-order valence-electron chi connectivity index (χ1n) is 8.66. The summed E-state index contributed by atoms with van der Waals surface area (Å²) in [6.07, 6.45) is 2.33. The predicted octanol–water partition coefficient (Wildman–Crippen LogP) is 2.52. The Labute approximate surface area is 150 Å². The third kappa shape index (κ3) is 2.20. The minimum absolute atomic E-state index is 0.00801. The summed E-state index contributed by atoms with van der Waals surface area (Å²) in [5, 5.41) is 1.75. The summed E-state index contributed by atoms with van der Waals surface area (Å²) in [4.78, 5) is 12.6. The van der Waals surface area contributed by atoms with Crippen LogP contribution in [0.1, 0.15) is 19.3 Å². The number of benzene rings is 2. The Morgan fingerprint density at radius 1 is 1.15 bits per heavy atom. The molecular formula is C19H18N2O4S. The fourth-order valence-electron chi connectivity index (χ4n) is 4.24. The molecule has 0 aliphatic heterocycles. The number of nitrogens with one attached hydrogen (secondary N) is 1. The summed E-state index contributed by atoms with van der Waals surface area (Å²) < 4.78 is 33.3. The van der Waals surface area contributed by atoms with Gasteiger partial charge in [0.15, 0.2) is 0 Å². The Morgan fingerprint density at radius 3 is 2.65 bits per heavy atom. The average Bonchev–Trinajstić information content (AvgIpc) is 3.21. The molecule has 0 radical (unpaired) electrons. The van der Waals surface area contributed by atoms with Crippen molar-refractivity contribution >= 4 is 37.9 Å². The molecule has 3 atom stereocenters. The lowest BCUT2D eigenvalue weighted by molar-refractivity contribution is -0.125. The van der Waals surface area contributed by atoms with Crippen LogP contribution in [0, 0.1) is 11.8 Å². The van der Waals surface area contributed by atoms with E-state index in [1.807, 2.05) is 24.3 Å². The van der Waals surface area contributed by atoms with Crippen LogP contribution in [-0.2, 0) is 14.8 Å². The van der Waals surface area contributed by atoms with Gasteiger partial charge in [-0.2, -0.15) is 0 Å². The quantitative estimate of drug-likeness (QED) is 0.737. The van der Waals surface area contributed by atoms with Gasteiger partial charge in [-0.25, -0.2) is 13.1 Å². The van der Waals surface area contributed by atoms with E-state index < -0.39 is 21.5 Å². The normalized spacial score (nSPS) is 27.6. The summed E-state index contributed by atoms with van der Waals surface area (Å²) in [6, 6.07) is 12.1. The molecule has 0 spiro atoms. The molecular weight excluding hydrogens is 352 g/mol. The molecule has 3 N–H and O–H groups in total. The number of carbonyl (C=O) groups is 1. The largest absolute Gasteiger partial charge is 0.456 e. The Bertz CT molecular complexity index is 1170. The molecule has 5 rings (SSSR count). The van der Waals surface area contributed by atoms with Crippen molar-refractivity contribution in [3.8, 4) is 0 Å². The molecule has 2 aliphatic rings.